The average molecular weight is 359 g/mol. The van der Waals surface area contributed by atoms with Crippen molar-refractivity contribution in [1.82, 2.24) is 14.5 Å². The number of nitrogens with zero attached hydrogens (tertiary/aromatic N) is 3. The molecule has 7 heteroatoms. The largest absolute Gasteiger partial charge is 0.469 e. The van der Waals surface area contributed by atoms with Crippen LogP contribution in [0.25, 0.3) is 5.69 Å². The van der Waals surface area contributed by atoms with E-state index in [0.717, 1.165) is 10.8 Å². The Bertz CT molecular complexity index is 752. The van der Waals surface area contributed by atoms with Gasteiger partial charge in [0, 0.05) is 18.8 Å². The van der Waals surface area contributed by atoms with Crippen LogP contribution in [0.3, 0.4) is 0 Å². The zero-order chi connectivity index (χ0) is 17.8. The number of ether oxygens (including phenoxy) is 1. The Labute approximate surface area is 151 Å². The minimum absolute atomic E-state index is 0.0556. The lowest BCUT2D eigenvalue weighted by molar-refractivity contribution is -0.146. The molecule has 3 rings (SSSR count). The molecule has 1 aromatic carbocycles. The van der Waals surface area contributed by atoms with Crippen molar-refractivity contribution in [2.24, 2.45) is 5.92 Å². The SMILES string of the molecule is COC(=O)C1CCN(C(=O)c2cnc(SC)n2-c2ccccc2)CC1. The molecule has 1 aromatic heterocycles. The Morgan fingerprint density at radius 3 is 2.48 bits per heavy atom. The molecule has 0 bridgehead atoms. The van der Waals surface area contributed by atoms with Crippen LogP contribution in [0, 0.1) is 5.92 Å². The second-order valence-electron chi connectivity index (χ2n) is 5.89. The summed E-state index contributed by atoms with van der Waals surface area (Å²) in [5, 5.41) is 0.777. The fourth-order valence-electron chi connectivity index (χ4n) is 3.10. The van der Waals surface area contributed by atoms with Gasteiger partial charge in [-0.1, -0.05) is 30.0 Å². The third-order valence-electron chi connectivity index (χ3n) is 4.46. The fraction of sp³-hybridized carbons (Fsp3) is 0.389. The van der Waals surface area contributed by atoms with Gasteiger partial charge in [-0.15, -0.1) is 0 Å². The van der Waals surface area contributed by atoms with Gasteiger partial charge in [0.2, 0.25) is 0 Å². The first kappa shape index (κ1) is 17.5. The highest BCUT2D eigenvalue weighted by Crippen LogP contribution is 2.25. The molecule has 0 atom stereocenters. The molecule has 2 heterocycles. The Morgan fingerprint density at radius 2 is 1.88 bits per heavy atom. The van der Waals surface area contributed by atoms with Crippen LogP contribution < -0.4 is 0 Å². The number of carbonyl (C=O) groups excluding carboxylic acids is 2. The molecule has 1 aliphatic rings. The number of imidazole rings is 1. The molecule has 2 aromatic rings. The average Bonchev–Trinajstić information content (AvgIpc) is 3.11. The number of methoxy groups -OCH3 is 1. The van der Waals surface area contributed by atoms with Gasteiger partial charge in [0.1, 0.15) is 5.69 Å². The number of thioether (sulfide) groups is 1. The third-order valence-corrected chi connectivity index (χ3v) is 5.12. The second-order valence-corrected chi connectivity index (χ2v) is 6.66. The van der Waals surface area contributed by atoms with E-state index in [1.807, 2.05) is 41.2 Å². The zero-order valence-corrected chi connectivity index (χ0v) is 15.2. The van der Waals surface area contributed by atoms with Crippen molar-refractivity contribution in [2.45, 2.75) is 18.0 Å². The Hall–Kier alpha value is -2.28. The van der Waals surface area contributed by atoms with Crippen molar-refractivity contribution in [3.8, 4) is 5.69 Å². The maximum absolute atomic E-state index is 13.0. The molecule has 1 fully saturated rings. The highest BCUT2D eigenvalue weighted by Gasteiger charge is 2.30. The number of amides is 1. The molecule has 1 aliphatic heterocycles. The fourth-order valence-corrected chi connectivity index (χ4v) is 3.65. The number of esters is 1. The zero-order valence-electron chi connectivity index (χ0n) is 14.3. The Balaban J connectivity index is 1.82. The molecule has 0 aliphatic carbocycles. The Kier molecular flexibility index (Phi) is 5.43. The molecule has 0 N–H and O–H groups in total. The first-order valence-electron chi connectivity index (χ1n) is 8.20. The van der Waals surface area contributed by atoms with E-state index in [9.17, 15) is 9.59 Å². The topological polar surface area (TPSA) is 64.4 Å². The van der Waals surface area contributed by atoms with Crippen LogP contribution >= 0.6 is 11.8 Å². The molecule has 0 saturated carbocycles. The van der Waals surface area contributed by atoms with Crippen molar-refractivity contribution in [2.75, 3.05) is 26.5 Å². The van der Waals surface area contributed by atoms with E-state index in [0.29, 0.717) is 31.6 Å². The molecular formula is C18H21N3O3S. The summed E-state index contributed by atoms with van der Waals surface area (Å²) in [6.45, 7) is 1.10. The number of likely N-dealkylation sites (tertiary alicyclic amines) is 1. The molecular weight excluding hydrogens is 338 g/mol. The number of aromatic nitrogens is 2. The Morgan fingerprint density at radius 1 is 1.20 bits per heavy atom. The number of benzene rings is 1. The smallest absolute Gasteiger partial charge is 0.308 e. The van der Waals surface area contributed by atoms with E-state index >= 15 is 0 Å². The van der Waals surface area contributed by atoms with Gasteiger partial charge < -0.3 is 9.64 Å². The summed E-state index contributed by atoms with van der Waals surface area (Å²) in [6.07, 6.45) is 4.84. The number of carbonyl (C=O) groups is 2. The quantitative estimate of drug-likeness (QED) is 0.620. The van der Waals surface area contributed by atoms with Crippen LogP contribution in [0.1, 0.15) is 23.3 Å². The van der Waals surface area contributed by atoms with Crippen LogP contribution in [0.4, 0.5) is 0 Å². The van der Waals surface area contributed by atoms with Gasteiger partial charge in [-0.2, -0.15) is 0 Å². The number of rotatable bonds is 4. The first-order chi connectivity index (χ1) is 12.2. The van der Waals surface area contributed by atoms with Crippen LogP contribution in [-0.2, 0) is 9.53 Å². The molecule has 0 radical (unpaired) electrons. The molecule has 6 nitrogen and oxygen atoms in total. The van der Waals surface area contributed by atoms with Gasteiger partial charge >= 0.3 is 5.97 Å². The normalized spacial score (nSPS) is 15.2. The van der Waals surface area contributed by atoms with Gasteiger partial charge in [0.25, 0.3) is 5.91 Å². The first-order valence-corrected chi connectivity index (χ1v) is 9.42. The maximum atomic E-state index is 13.0. The van der Waals surface area contributed by atoms with Gasteiger partial charge in [-0.05, 0) is 31.2 Å². The van der Waals surface area contributed by atoms with E-state index < -0.39 is 0 Å². The second kappa shape index (κ2) is 7.74. The summed E-state index contributed by atoms with van der Waals surface area (Å²) in [7, 11) is 1.40. The number of hydrogen-bond acceptors (Lipinski definition) is 5. The van der Waals surface area contributed by atoms with Gasteiger partial charge in [0.15, 0.2) is 5.16 Å². The lowest BCUT2D eigenvalue weighted by Crippen LogP contribution is -2.41. The minimum Gasteiger partial charge on any atom is -0.469 e. The van der Waals surface area contributed by atoms with Crippen LogP contribution in [0.2, 0.25) is 0 Å². The lowest BCUT2D eigenvalue weighted by atomic mass is 9.97. The lowest BCUT2D eigenvalue weighted by Gasteiger charge is -2.30. The highest BCUT2D eigenvalue weighted by molar-refractivity contribution is 7.98. The van der Waals surface area contributed by atoms with Crippen molar-refractivity contribution >= 4 is 23.6 Å². The van der Waals surface area contributed by atoms with Crippen molar-refractivity contribution < 1.29 is 14.3 Å². The molecule has 0 spiro atoms. The van der Waals surface area contributed by atoms with E-state index in [2.05, 4.69) is 4.98 Å². The number of piperidine rings is 1. The highest BCUT2D eigenvalue weighted by atomic mass is 32.2. The number of para-hydroxylation sites is 1. The van der Waals surface area contributed by atoms with Crippen molar-refractivity contribution in [3.05, 3.63) is 42.2 Å². The van der Waals surface area contributed by atoms with Crippen LogP contribution in [0.15, 0.2) is 41.7 Å². The summed E-state index contributed by atoms with van der Waals surface area (Å²) in [6, 6.07) is 9.74. The maximum Gasteiger partial charge on any atom is 0.308 e. The molecule has 1 saturated heterocycles. The predicted molar refractivity (Wildman–Crippen MR) is 96.0 cm³/mol. The van der Waals surface area contributed by atoms with E-state index in [1.165, 1.54) is 18.9 Å². The summed E-state index contributed by atoms with van der Waals surface area (Å²) >= 11 is 1.50. The minimum atomic E-state index is -0.189. The van der Waals surface area contributed by atoms with Crippen molar-refractivity contribution in [3.63, 3.8) is 0 Å². The third kappa shape index (κ3) is 3.56. The molecule has 0 unspecified atom stereocenters. The predicted octanol–water partition coefficient (Wildman–Crippen LogP) is 2.62. The van der Waals surface area contributed by atoms with Gasteiger partial charge in [-0.25, -0.2) is 4.98 Å². The molecule has 132 valence electrons. The van der Waals surface area contributed by atoms with E-state index in [1.54, 1.807) is 11.1 Å². The summed E-state index contributed by atoms with van der Waals surface area (Å²) < 4.78 is 6.69. The molecule has 25 heavy (non-hydrogen) atoms. The monoisotopic (exact) mass is 359 g/mol. The van der Waals surface area contributed by atoms with E-state index in [4.69, 9.17) is 4.74 Å². The summed E-state index contributed by atoms with van der Waals surface area (Å²) in [5.74, 6) is -0.360. The van der Waals surface area contributed by atoms with Gasteiger partial charge in [0.05, 0.1) is 19.2 Å². The van der Waals surface area contributed by atoms with Crippen LogP contribution in [0.5, 0.6) is 0 Å². The van der Waals surface area contributed by atoms with Gasteiger partial charge in [-0.3, -0.25) is 14.2 Å². The standard InChI is InChI=1S/C18H21N3O3S/c1-24-17(23)13-8-10-20(11-9-13)16(22)15-12-19-18(25-2)21(15)14-6-4-3-5-7-14/h3-7,12-13H,8-11H2,1-2H3. The number of hydrogen-bond donors (Lipinski definition) is 0. The summed E-state index contributed by atoms with van der Waals surface area (Å²) in [4.78, 5) is 30.8. The van der Waals surface area contributed by atoms with Crippen LogP contribution in [-0.4, -0.2) is 52.8 Å². The van der Waals surface area contributed by atoms with Crippen molar-refractivity contribution in [1.29, 1.82) is 0 Å². The summed E-state index contributed by atoms with van der Waals surface area (Å²) in [5.41, 5.74) is 1.46. The molecule has 1 amide bonds. The van der Waals surface area contributed by atoms with E-state index in [-0.39, 0.29) is 17.8 Å².